The normalized spacial score (nSPS) is 14.0. The van der Waals surface area contributed by atoms with Crippen LogP contribution in [0, 0.1) is 18.7 Å². The van der Waals surface area contributed by atoms with Crippen molar-refractivity contribution < 1.29 is 23.2 Å². The Hall–Kier alpha value is -2.96. The third-order valence-electron chi connectivity index (χ3n) is 7.46. The van der Waals surface area contributed by atoms with E-state index in [1.165, 1.54) is 61.8 Å². The third-order valence-corrected chi connectivity index (χ3v) is 7.46. The third kappa shape index (κ3) is 8.03. The Labute approximate surface area is 233 Å². The van der Waals surface area contributed by atoms with Crippen molar-refractivity contribution in [3.63, 3.8) is 0 Å². The van der Waals surface area contributed by atoms with Crippen molar-refractivity contribution in [3.8, 4) is 16.9 Å². The minimum absolute atomic E-state index is 0.120. The van der Waals surface area contributed by atoms with Crippen molar-refractivity contribution in [2.24, 2.45) is 5.92 Å². The lowest BCUT2D eigenvalue weighted by molar-refractivity contribution is 0.0729. The fourth-order valence-corrected chi connectivity index (χ4v) is 5.03. The van der Waals surface area contributed by atoms with Gasteiger partial charge >= 0.3 is 13.1 Å². The summed E-state index contributed by atoms with van der Waals surface area (Å²) in [4.78, 5) is 12.7. The van der Waals surface area contributed by atoms with Gasteiger partial charge in [0.2, 0.25) is 0 Å². The molecule has 3 aromatic rings. The van der Waals surface area contributed by atoms with E-state index < -0.39 is 18.9 Å². The van der Waals surface area contributed by atoms with E-state index in [9.17, 15) is 9.18 Å². The molecule has 0 N–H and O–H groups in total. The van der Waals surface area contributed by atoms with E-state index in [1.54, 1.807) is 18.2 Å². The average Bonchev–Trinajstić information content (AvgIpc) is 2.95. The Kier molecular flexibility index (Phi) is 10.7. The first-order valence-corrected chi connectivity index (χ1v) is 14.4. The molecular formula is C33H40BFO4. The molecule has 0 aliphatic carbocycles. The second kappa shape index (κ2) is 14.4. The first-order valence-electron chi connectivity index (χ1n) is 14.4. The first-order chi connectivity index (χ1) is 19.0. The van der Waals surface area contributed by atoms with E-state index in [-0.39, 0.29) is 5.56 Å². The maximum absolute atomic E-state index is 14.9. The van der Waals surface area contributed by atoms with Gasteiger partial charge in [0, 0.05) is 19.1 Å². The molecule has 0 aromatic heterocycles. The van der Waals surface area contributed by atoms with Gasteiger partial charge in [0.25, 0.3) is 0 Å². The number of rotatable bonds is 12. The summed E-state index contributed by atoms with van der Waals surface area (Å²) in [5.41, 5.74) is 5.27. The lowest BCUT2D eigenvalue weighted by Gasteiger charge is -2.27. The Balaban J connectivity index is 1.33. The van der Waals surface area contributed by atoms with Crippen LogP contribution < -0.4 is 10.2 Å². The molecule has 0 saturated carbocycles. The Bertz CT molecular complexity index is 1220. The van der Waals surface area contributed by atoms with E-state index in [2.05, 4.69) is 39.0 Å². The van der Waals surface area contributed by atoms with Gasteiger partial charge in [0.15, 0.2) is 0 Å². The molecular weight excluding hydrogens is 490 g/mol. The van der Waals surface area contributed by atoms with E-state index >= 15 is 0 Å². The van der Waals surface area contributed by atoms with Crippen LogP contribution in [0.5, 0.6) is 5.75 Å². The molecule has 0 amide bonds. The van der Waals surface area contributed by atoms with Crippen LogP contribution in [0.2, 0.25) is 0 Å². The van der Waals surface area contributed by atoms with Crippen LogP contribution in [0.15, 0.2) is 60.7 Å². The fourth-order valence-electron chi connectivity index (χ4n) is 5.03. The molecule has 1 heterocycles. The molecule has 39 heavy (non-hydrogen) atoms. The quantitative estimate of drug-likeness (QED) is 0.104. The van der Waals surface area contributed by atoms with Crippen molar-refractivity contribution in [3.05, 3.63) is 83.2 Å². The minimum Gasteiger partial charge on any atom is -0.423 e. The van der Waals surface area contributed by atoms with Gasteiger partial charge in [-0.2, -0.15) is 0 Å². The number of carbonyl (C=O) groups is 1. The minimum atomic E-state index is -0.736. The molecule has 1 aliphatic rings. The SMILES string of the molecule is CCCCCc1ccc(-c2ccc(OC(=O)c3ccc(B4OCC(CCCCC)CO4)cc3F)cc2)cc1C. The molecule has 1 saturated heterocycles. The second-order valence-corrected chi connectivity index (χ2v) is 10.6. The van der Waals surface area contributed by atoms with Gasteiger partial charge in [0.05, 0.1) is 5.56 Å². The molecule has 0 spiro atoms. The van der Waals surface area contributed by atoms with Crippen molar-refractivity contribution in [1.29, 1.82) is 0 Å². The summed E-state index contributed by atoms with van der Waals surface area (Å²) < 4.78 is 32.0. The van der Waals surface area contributed by atoms with Crippen LogP contribution in [-0.2, 0) is 15.7 Å². The number of halogens is 1. The maximum atomic E-state index is 14.9. The summed E-state index contributed by atoms with van der Waals surface area (Å²) in [5.74, 6) is -0.646. The van der Waals surface area contributed by atoms with Crippen molar-refractivity contribution in [2.45, 2.75) is 72.1 Å². The molecule has 3 aromatic carbocycles. The Morgan fingerprint density at radius 1 is 0.897 bits per heavy atom. The summed E-state index contributed by atoms with van der Waals surface area (Å²) in [6.45, 7) is 7.75. The van der Waals surface area contributed by atoms with E-state index in [0.717, 1.165) is 24.0 Å². The molecule has 4 nitrogen and oxygen atoms in total. The van der Waals surface area contributed by atoms with Crippen molar-refractivity contribution in [1.82, 2.24) is 0 Å². The average molecular weight is 530 g/mol. The maximum Gasteiger partial charge on any atom is 0.493 e. The van der Waals surface area contributed by atoms with Crippen molar-refractivity contribution >= 4 is 18.6 Å². The predicted molar refractivity (Wildman–Crippen MR) is 156 cm³/mol. The predicted octanol–water partition coefficient (Wildman–Crippen LogP) is 7.69. The molecule has 0 radical (unpaired) electrons. The second-order valence-electron chi connectivity index (χ2n) is 10.6. The van der Waals surface area contributed by atoms with Gasteiger partial charge in [-0.05, 0) is 78.2 Å². The summed E-state index contributed by atoms with van der Waals surface area (Å²) >= 11 is 0. The summed E-state index contributed by atoms with van der Waals surface area (Å²) in [7, 11) is -0.617. The van der Waals surface area contributed by atoms with Gasteiger partial charge in [-0.15, -0.1) is 0 Å². The number of hydrogen-bond acceptors (Lipinski definition) is 4. The number of benzene rings is 3. The largest absolute Gasteiger partial charge is 0.493 e. The highest BCUT2D eigenvalue weighted by Crippen LogP contribution is 2.26. The number of carbonyl (C=O) groups excluding carboxylic acids is 1. The standard InChI is InChI=1S/C33H40BFO4/c1-4-6-8-10-25-22-37-34(38-23-25)29-16-19-31(32(35)21-29)33(36)39-30-17-14-27(15-18-30)28-13-12-26(24(3)20-28)11-9-7-5-2/h12-21,25H,4-11,22-23H2,1-3H3. The highest BCUT2D eigenvalue weighted by Gasteiger charge is 2.30. The van der Waals surface area contributed by atoms with Gasteiger partial charge in [-0.3, -0.25) is 0 Å². The zero-order valence-electron chi connectivity index (χ0n) is 23.5. The number of ether oxygens (including phenoxy) is 1. The van der Waals surface area contributed by atoms with E-state index in [4.69, 9.17) is 14.0 Å². The van der Waals surface area contributed by atoms with Crippen LogP contribution in [0.4, 0.5) is 4.39 Å². The fraction of sp³-hybridized carbons (Fsp3) is 0.424. The smallest absolute Gasteiger partial charge is 0.423 e. The van der Waals surface area contributed by atoms with Gasteiger partial charge in [-0.25, -0.2) is 9.18 Å². The number of aryl methyl sites for hydroxylation is 2. The Morgan fingerprint density at radius 3 is 2.26 bits per heavy atom. The summed E-state index contributed by atoms with van der Waals surface area (Å²) in [6.07, 6.45) is 9.41. The molecule has 1 fully saturated rings. The molecule has 1 aliphatic heterocycles. The van der Waals surface area contributed by atoms with Crippen LogP contribution in [0.25, 0.3) is 11.1 Å². The molecule has 206 valence electrons. The first kappa shape index (κ1) is 29.0. The van der Waals surface area contributed by atoms with Crippen LogP contribution in [0.1, 0.15) is 80.3 Å². The van der Waals surface area contributed by atoms with E-state index in [1.807, 2.05) is 12.1 Å². The lowest BCUT2D eigenvalue weighted by Crippen LogP contribution is -2.44. The number of esters is 1. The highest BCUT2D eigenvalue weighted by atomic mass is 19.1. The molecule has 0 bridgehead atoms. The zero-order valence-corrected chi connectivity index (χ0v) is 23.5. The number of unbranched alkanes of at least 4 members (excludes halogenated alkanes) is 4. The van der Waals surface area contributed by atoms with Gasteiger partial charge < -0.3 is 14.0 Å². The molecule has 4 rings (SSSR count). The van der Waals surface area contributed by atoms with Crippen LogP contribution in [0.3, 0.4) is 0 Å². The number of hydrogen-bond donors (Lipinski definition) is 0. The summed E-state index contributed by atoms with van der Waals surface area (Å²) in [6, 6.07) is 18.3. The Morgan fingerprint density at radius 2 is 1.59 bits per heavy atom. The monoisotopic (exact) mass is 530 g/mol. The summed E-state index contributed by atoms with van der Waals surface area (Å²) in [5, 5.41) is 0. The molecule has 6 heteroatoms. The lowest BCUT2D eigenvalue weighted by atomic mass is 9.77. The van der Waals surface area contributed by atoms with Crippen LogP contribution >= 0.6 is 0 Å². The topological polar surface area (TPSA) is 44.8 Å². The van der Waals surface area contributed by atoms with E-state index in [0.29, 0.717) is 30.3 Å². The van der Waals surface area contributed by atoms with Crippen LogP contribution in [-0.4, -0.2) is 26.3 Å². The highest BCUT2D eigenvalue weighted by molar-refractivity contribution is 6.61. The van der Waals surface area contributed by atoms with Crippen molar-refractivity contribution in [2.75, 3.05) is 13.2 Å². The van der Waals surface area contributed by atoms with Gasteiger partial charge in [-0.1, -0.05) is 82.3 Å². The van der Waals surface area contributed by atoms with Gasteiger partial charge in [0.1, 0.15) is 11.6 Å². The zero-order chi connectivity index (χ0) is 27.6. The molecule has 0 unspecified atom stereocenters. The molecule has 0 atom stereocenters.